The third-order valence-electron chi connectivity index (χ3n) is 5.39. The second-order valence-corrected chi connectivity index (χ2v) is 7.50. The molecule has 1 fully saturated rings. The van der Waals surface area contributed by atoms with Gasteiger partial charge < -0.3 is 14.4 Å². The predicted octanol–water partition coefficient (Wildman–Crippen LogP) is 3.83. The monoisotopic (exact) mass is 449 g/mol. The highest BCUT2D eigenvalue weighted by atomic mass is 16.6. The minimum absolute atomic E-state index is 0.0860. The summed E-state index contributed by atoms with van der Waals surface area (Å²) in [4.78, 5) is 37.7. The Labute approximate surface area is 187 Å². The van der Waals surface area contributed by atoms with E-state index in [9.17, 15) is 24.8 Å². The molecule has 10 nitrogen and oxygen atoms in total. The number of nitrogens with zero attached hydrogens (tertiary/aromatic N) is 3. The number of benzene rings is 2. The molecular weight excluding hydrogens is 430 g/mol. The minimum atomic E-state index is -1.07. The number of aliphatic hydroxyl groups is 1. The van der Waals surface area contributed by atoms with Crippen LogP contribution in [0.4, 0.5) is 11.5 Å². The van der Waals surface area contributed by atoms with E-state index >= 15 is 0 Å². The van der Waals surface area contributed by atoms with Crippen LogP contribution in [0.25, 0.3) is 5.76 Å². The summed E-state index contributed by atoms with van der Waals surface area (Å²) in [5.74, 6) is -1.10. The van der Waals surface area contributed by atoms with Crippen molar-refractivity contribution in [2.45, 2.75) is 19.9 Å². The van der Waals surface area contributed by atoms with Gasteiger partial charge >= 0.3 is 5.91 Å². The van der Waals surface area contributed by atoms with Crippen LogP contribution in [-0.4, -0.2) is 34.0 Å². The molecule has 3 aromatic rings. The molecule has 1 atom stereocenters. The van der Waals surface area contributed by atoms with E-state index in [1.165, 1.54) is 37.4 Å². The van der Waals surface area contributed by atoms with Crippen molar-refractivity contribution in [3.8, 4) is 5.75 Å². The maximum Gasteiger partial charge on any atom is 0.301 e. The fraction of sp³-hybridized carbons (Fsp3) is 0.174. The van der Waals surface area contributed by atoms with Gasteiger partial charge in [0.05, 0.1) is 23.6 Å². The first-order chi connectivity index (χ1) is 15.7. The molecule has 0 saturated carbocycles. The number of aliphatic hydroxyl groups excluding tert-OH is 1. The average Bonchev–Trinajstić information content (AvgIpc) is 3.34. The quantitative estimate of drug-likeness (QED) is 0.204. The molecule has 4 rings (SSSR count). The number of anilines is 1. The van der Waals surface area contributed by atoms with Crippen molar-refractivity contribution in [1.82, 2.24) is 5.16 Å². The molecule has 168 valence electrons. The molecule has 1 amide bonds. The van der Waals surface area contributed by atoms with Crippen LogP contribution in [0.3, 0.4) is 0 Å². The Morgan fingerprint density at radius 3 is 2.39 bits per heavy atom. The number of rotatable bonds is 5. The highest BCUT2D eigenvalue weighted by Crippen LogP contribution is 2.42. The number of carbonyl (C=O) groups is 2. The van der Waals surface area contributed by atoms with Crippen molar-refractivity contribution >= 4 is 29.0 Å². The third-order valence-corrected chi connectivity index (χ3v) is 5.39. The lowest BCUT2D eigenvalue weighted by atomic mass is 9.94. The van der Waals surface area contributed by atoms with Crippen molar-refractivity contribution in [3.05, 3.63) is 86.7 Å². The van der Waals surface area contributed by atoms with E-state index in [4.69, 9.17) is 9.26 Å². The van der Waals surface area contributed by atoms with Crippen LogP contribution in [0.15, 0.2) is 58.6 Å². The fourth-order valence-corrected chi connectivity index (χ4v) is 3.81. The zero-order chi connectivity index (χ0) is 23.9. The number of carbonyl (C=O) groups excluding carboxylic acids is 2. The van der Waals surface area contributed by atoms with Crippen molar-refractivity contribution in [3.63, 3.8) is 0 Å². The molecule has 33 heavy (non-hydrogen) atoms. The number of hydrogen-bond acceptors (Lipinski definition) is 8. The largest absolute Gasteiger partial charge is 0.507 e. The molecule has 2 heterocycles. The normalized spacial score (nSPS) is 17.4. The van der Waals surface area contributed by atoms with Crippen LogP contribution in [-0.2, 0) is 9.59 Å². The number of non-ortho nitro benzene ring substituents is 1. The standard InChI is InChI=1S/C23H19N3O7/c1-12-10-15(6-9-17(12)32-3)21(27)19-20(14-4-7-16(8-5-14)26(30)31)25(23(29)22(19)28)18-11-13(2)33-24-18/h4-11,20,27H,1-3H3/b21-19+/t20-/m1/s1. The lowest BCUT2D eigenvalue weighted by Crippen LogP contribution is -2.29. The molecule has 0 bridgehead atoms. The Balaban J connectivity index is 1.92. The van der Waals surface area contributed by atoms with Gasteiger partial charge in [0.2, 0.25) is 0 Å². The maximum absolute atomic E-state index is 13.1. The number of nitro benzene ring substituents is 1. The maximum atomic E-state index is 13.1. The first-order valence-corrected chi connectivity index (χ1v) is 9.86. The summed E-state index contributed by atoms with van der Waals surface area (Å²) in [6.45, 7) is 3.41. The average molecular weight is 449 g/mol. The van der Waals surface area contributed by atoms with Gasteiger partial charge in [-0.1, -0.05) is 5.16 Å². The highest BCUT2D eigenvalue weighted by Gasteiger charge is 2.48. The van der Waals surface area contributed by atoms with E-state index in [2.05, 4.69) is 5.16 Å². The third kappa shape index (κ3) is 3.71. The van der Waals surface area contributed by atoms with E-state index in [0.29, 0.717) is 22.6 Å². The van der Waals surface area contributed by atoms with E-state index in [-0.39, 0.29) is 22.8 Å². The Kier molecular flexibility index (Phi) is 5.42. The summed E-state index contributed by atoms with van der Waals surface area (Å²) in [5.41, 5.74) is 1.09. The van der Waals surface area contributed by atoms with E-state index in [1.807, 2.05) is 0 Å². The van der Waals surface area contributed by atoms with Gasteiger partial charge in [0, 0.05) is 23.8 Å². The molecule has 0 aliphatic carbocycles. The van der Waals surface area contributed by atoms with E-state index in [0.717, 1.165) is 10.5 Å². The van der Waals surface area contributed by atoms with Crippen LogP contribution in [0.1, 0.15) is 28.5 Å². The Morgan fingerprint density at radius 2 is 1.85 bits per heavy atom. The Morgan fingerprint density at radius 1 is 1.15 bits per heavy atom. The molecule has 1 saturated heterocycles. The molecule has 10 heteroatoms. The van der Waals surface area contributed by atoms with Crippen molar-refractivity contribution in [2.75, 3.05) is 12.0 Å². The summed E-state index contributed by atoms with van der Waals surface area (Å²) in [6.07, 6.45) is 0. The summed E-state index contributed by atoms with van der Waals surface area (Å²) in [6, 6.07) is 10.7. The number of Topliss-reactive ketones (excluding diaryl/α,β-unsaturated/α-hetero) is 1. The van der Waals surface area contributed by atoms with Gasteiger partial charge in [-0.15, -0.1) is 0 Å². The number of ether oxygens (including phenoxy) is 1. The molecule has 0 radical (unpaired) electrons. The van der Waals surface area contributed by atoms with Gasteiger partial charge in [0.15, 0.2) is 5.82 Å². The summed E-state index contributed by atoms with van der Waals surface area (Å²) >= 11 is 0. The molecule has 1 aliphatic heterocycles. The number of aromatic nitrogens is 1. The number of nitro groups is 1. The molecular formula is C23H19N3O7. The molecule has 2 aromatic carbocycles. The molecule has 1 N–H and O–H groups in total. The van der Waals surface area contributed by atoms with Crippen molar-refractivity contribution in [2.24, 2.45) is 0 Å². The number of aryl methyl sites for hydroxylation is 2. The lowest BCUT2D eigenvalue weighted by Gasteiger charge is -2.22. The van der Waals surface area contributed by atoms with Crippen LogP contribution >= 0.6 is 0 Å². The van der Waals surface area contributed by atoms with Gasteiger partial charge in [0.25, 0.3) is 11.5 Å². The zero-order valence-electron chi connectivity index (χ0n) is 17.9. The van der Waals surface area contributed by atoms with Crippen LogP contribution in [0.5, 0.6) is 5.75 Å². The van der Waals surface area contributed by atoms with Gasteiger partial charge in [-0.3, -0.25) is 24.6 Å². The van der Waals surface area contributed by atoms with Crippen molar-refractivity contribution < 1.29 is 28.9 Å². The molecule has 1 aliphatic rings. The summed E-state index contributed by atoms with van der Waals surface area (Å²) in [7, 11) is 1.52. The van der Waals surface area contributed by atoms with E-state index in [1.54, 1.807) is 32.0 Å². The van der Waals surface area contributed by atoms with Gasteiger partial charge in [-0.05, 0) is 55.3 Å². The number of amides is 1. The topological polar surface area (TPSA) is 136 Å². The van der Waals surface area contributed by atoms with Crippen LogP contribution < -0.4 is 9.64 Å². The van der Waals surface area contributed by atoms with Gasteiger partial charge in [0.1, 0.15) is 17.3 Å². The Hall–Kier alpha value is -4.47. The van der Waals surface area contributed by atoms with Gasteiger partial charge in [-0.25, -0.2) is 0 Å². The second-order valence-electron chi connectivity index (χ2n) is 7.50. The van der Waals surface area contributed by atoms with Gasteiger partial charge in [-0.2, -0.15) is 0 Å². The Bertz CT molecular complexity index is 1310. The molecule has 1 aromatic heterocycles. The molecule has 0 unspecified atom stereocenters. The predicted molar refractivity (Wildman–Crippen MR) is 117 cm³/mol. The SMILES string of the molecule is COc1ccc(/C(O)=C2\C(=O)C(=O)N(c3cc(C)on3)[C@@H]2c2ccc([N+](=O)[O-])cc2)cc1C. The zero-order valence-corrected chi connectivity index (χ0v) is 17.9. The minimum Gasteiger partial charge on any atom is -0.507 e. The first-order valence-electron chi connectivity index (χ1n) is 9.86. The van der Waals surface area contributed by atoms with E-state index < -0.39 is 22.7 Å². The molecule has 0 spiro atoms. The fourth-order valence-electron chi connectivity index (χ4n) is 3.81. The van der Waals surface area contributed by atoms with Crippen molar-refractivity contribution in [1.29, 1.82) is 0 Å². The lowest BCUT2D eigenvalue weighted by molar-refractivity contribution is -0.384. The number of ketones is 1. The smallest absolute Gasteiger partial charge is 0.301 e. The van der Waals surface area contributed by atoms with Crippen LogP contribution in [0, 0.1) is 24.0 Å². The second kappa shape index (κ2) is 8.23. The van der Waals surface area contributed by atoms with Crippen LogP contribution in [0.2, 0.25) is 0 Å². The number of hydrogen-bond donors (Lipinski definition) is 1. The summed E-state index contributed by atoms with van der Waals surface area (Å²) < 4.78 is 10.3. The number of methoxy groups -OCH3 is 1. The summed E-state index contributed by atoms with van der Waals surface area (Å²) in [5, 5.41) is 26.1. The first kappa shape index (κ1) is 21.8. The highest BCUT2D eigenvalue weighted by molar-refractivity contribution is 6.51.